The van der Waals surface area contributed by atoms with Crippen molar-refractivity contribution in [1.29, 1.82) is 0 Å². The van der Waals surface area contributed by atoms with Crippen LogP contribution < -0.4 is 5.56 Å². The maximum atomic E-state index is 12.0. The second-order valence-corrected chi connectivity index (χ2v) is 3.40. The van der Waals surface area contributed by atoms with E-state index >= 15 is 0 Å². The van der Waals surface area contributed by atoms with Gasteiger partial charge in [-0.3, -0.25) is 9.89 Å². The summed E-state index contributed by atoms with van der Waals surface area (Å²) in [5.74, 6) is 0. The summed E-state index contributed by atoms with van der Waals surface area (Å²) >= 11 is 0. The zero-order valence-electron chi connectivity index (χ0n) is 8.93. The smallest absolute Gasteiger partial charge is 0.276 e. The van der Waals surface area contributed by atoms with Gasteiger partial charge in [0.05, 0.1) is 12.3 Å². The zero-order chi connectivity index (χ0) is 11.5. The van der Waals surface area contributed by atoms with Crippen LogP contribution in [0.5, 0.6) is 0 Å². The molecule has 2 N–H and O–H groups in total. The van der Waals surface area contributed by atoms with Gasteiger partial charge in [0.15, 0.2) is 5.65 Å². The molecule has 2 aromatic rings. The van der Waals surface area contributed by atoms with Crippen molar-refractivity contribution in [2.24, 2.45) is 0 Å². The topological polar surface area (TPSA) is 79.6 Å². The highest BCUT2D eigenvalue weighted by molar-refractivity contribution is 5.39. The summed E-state index contributed by atoms with van der Waals surface area (Å²) in [7, 11) is 1.54. The number of H-pyrrole nitrogens is 1. The predicted octanol–water partition coefficient (Wildman–Crippen LogP) is -0.296. The molecular formula is C10H13N3O3. The van der Waals surface area contributed by atoms with Crippen molar-refractivity contribution < 1.29 is 9.84 Å². The van der Waals surface area contributed by atoms with E-state index in [0.717, 1.165) is 0 Å². The number of rotatable bonds is 4. The summed E-state index contributed by atoms with van der Waals surface area (Å²) in [5.41, 5.74) is 1.44. The van der Waals surface area contributed by atoms with Crippen molar-refractivity contribution in [3.63, 3.8) is 0 Å². The Morgan fingerprint density at radius 3 is 3.12 bits per heavy atom. The van der Waals surface area contributed by atoms with Crippen LogP contribution in [0.4, 0.5) is 0 Å². The number of aliphatic hydroxyl groups excluding tert-OH is 1. The fraction of sp³-hybridized carbons (Fsp3) is 0.400. The summed E-state index contributed by atoms with van der Waals surface area (Å²) in [6, 6.07) is 1.71. The number of aliphatic hydroxyl groups is 1. The van der Waals surface area contributed by atoms with Gasteiger partial charge in [-0.15, -0.1) is 0 Å². The number of hydrogen-bond donors (Lipinski definition) is 2. The molecule has 0 spiro atoms. The number of fused-ring (bicyclic) bond motifs is 1. The highest BCUT2D eigenvalue weighted by atomic mass is 16.5. The highest BCUT2D eigenvalue weighted by Crippen LogP contribution is 2.06. The molecule has 6 heteroatoms. The Morgan fingerprint density at radius 1 is 1.62 bits per heavy atom. The minimum absolute atomic E-state index is 0.0829. The third-order valence-electron chi connectivity index (χ3n) is 2.37. The SMILES string of the molecule is COCc1nc2cc[nH]n2c(=O)c1CCO. The Bertz CT molecular complexity index is 544. The van der Waals surface area contributed by atoms with Crippen LogP contribution in [0, 0.1) is 0 Å². The molecule has 6 nitrogen and oxygen atoms in total. The maximum Gasteiger partial charge on any atom is 0.276 e. The lowest BCUT2D eigenvalue weighted by Crippen LogP contribution is -2.23. The fourth-order valence-electron chi connectivity index (χ4n) is 1.66. The van der Waals surface area contributed by atoms with E-state index in [4.69, 9.17) is 9.84 Å². The largest absolute Gasteiger partial charge is 0.396 e. The second-order valence-electron chi connectivity index (χ2n) is 3.40. The number of nitrogens with zero attached hydrogens (tertiary/aromatic N) is 2. The molecule has 0 saturated carbocycles. The molecule has 0 aliphatic rings. The summed E-state index contributed by atoms with van der Waals surface area (Å²) in [4.78, 5) is 16.3. The lowest BCUT2D eigenvalue weighted by Gasteiger charge is -2.06. The first-order valence-electron chi connectivity index (χ1n) is 4.95. The fourth-order valence-corrected chi connectivity index (χ4v) is 1.66. The predicted molar refractivity (Wildman–Crippen MR) is 57.3 cm³/mol. The van der Waals surface area contributed by atoms with Gasteiger partial charge >= 0.3 is 0 Å². The molecule has 0 aliphatic heterocycles. The molecule has 0 aromatic carbocycles. The molecule has 2 aromatic heterocycles. The summed E-state index contributed by atoms with van der Waals surface area (Å²) in [6.07, 6.45) is 1.93. The Hall–Kier alpha value is -1.66. The molecular weight excluding hydrogens is 210 g/mol. The van der Waals surface area contributed by atoms with Gasteiger partial charge < -0.3 is 9.84 Å². The van der Waals surface area contributed by atoms with Gasteiger partial charge in [-0.05, 0) is 0 Å². The minimum Gasteiger partial charge on any atom is -0.396 e. The van der Waals surface area contributed by atoms with E-state index in [0.29, 0.717) is 16.9 Å². The second kappa shape index (κ2) is 4.46. The van der Waals surface area contributed by atoms with Gasteiger partial charge in [0.25, 0.3) is 5.56 Å². The third-order valence-corrected chi connectivity index (χ3v) is 2.37. The standard InChI is InChI=1S/C10H13N3O3/c1-16-6-8-7(3-5-14)10(15)13-9(12-8)2-4-11-13/h2,4,11,14H,3,5-6H2,1H3. The van der Waals surface area contributed by atoms with E-state index in [1.807, 2.05) is 0 Å². The van der Waals surface area contributed by atoms with E-state index < -0.39 is 0 Å². The van der Waals surface area contributed by atoms with Crippen molar-refractivity contribution in [3.05, 3.63) is 33.9 Å². The van der Waals surface area contributed by atoms with Gasteiger partial charge in [0.1, 0.15) is 0 Å². The first-order chi connectivity index (χ1) is 7.77. The summed E-state index contributed by atoms with van der Waals surface area (Å²) in [5, 5.41) is 11.7. The van der Waals surface area contributed by atoms with Gasteiger partial charge in [0, 0.05) is 38.0 Å². The van der Waals surface area contributed by atoms with Gasteiger partial charge in [-0.25, -0.2) is 9.50 Å². The van der Waals surface area contributed by atoms with Crippen molar-refractivity contribution in [3.8, 4) is 0 Å². The summed E-state index contributed by atoms with van der Waals surface area (Å²) < 4.78 is 6.34. The third kappa shape index (κ3) is 1.72. The van der Waals surface area contributed by atoms with Crippen molar-refractivity contribution in [2.45, 2.75) is 13.0 Å². The number of aromatic amines is 1. The first-order valence-corrected chi connectivity index (χ1v) is 4.95. The molecule has 0 atom stereocenters. The highest BCUT2D eigenvalue weighted by Gasteiger charge is 2.12. The summed E-state index contributed by atoms with van der Waals surface area (Å²) in [6.45, 7) is 0.187. The lowest BCUT2D eigenvalue weighted by molar-refractivity contribution is 0.180. The molecule has 86 valence electrons. The van der Waals surface area contributed by atoms with Crippen LogP contribution in [0.2, 0.25) is 0 Å². The number of hydrogen-bond acceptors (Lipinski definition) is 4. The van der Waals surface area contributed by atoms with Gasteiger partial charge in [0.2, 0.25) is 0 Å². The van der Waals surface area contributed by atoms with Gasteiger partial charge in [-0.2, -0.15) is 0 Å². The molecule has 0 bridgehead atoms. The average molecular weight is 223 g/mol. The van der Waals surface area contributed by atoms with Crippen LogP contribution in [0.3, 0.4) is 0 Å². The Labute approximate surface area is 91.5 Å². The number of ether oxygens (including phenoxy) is 1. The molecule has 16 heavy (non-hydrogen) atoms. The molecule has 0 radical (unpaired) electrons. The Kier molecular flexibility index (Phi) is 3.02. The van der Waals surface area contributed by atoms with E-state index in [-0.39, 0.29) is 25.2 Å². The monoisotopic (exact) mass is 223 g/mol. The van der Waals surface area contributed by atoms with E-state index in [9.17, 15) is 4.79 Å². The molecule has 2 rings (SSSR count). The van der Waals surface area contributed by atoms with Crippen LogP contribution in [0.25, 0.3) is 5.65 Å². The molecule has 2 heterocycles. The van der Waals surface area contributed by atoms with Crippen molar-refractivity contribution in [2.75, 3.05) is 13.7 Å². The van der Waals surface area contributed by atoms with Crippen LogP contribution >= 0.6 is 0 Å². The van der Waals surface area contributed by atoms with Crippen LogP contribution in [0.1, 0.15) is 11.3 Å². The maximum absolute atomic E-state index is 12.0. The average Bonchev–Trinajstić information content (AvgIpc) is 2.72. The number of aromatic nitrogens is 3. The van der Waals surface area contributed by atoms with Crippen molar-refractivity contribution in [1.82, 2.24) is 14.6 Å². The molecule has 0 saturated heterocycles. The van der Waals surface area contributed by atoms with Gasteiger partial charge in [-0.1, -0.05) is 0 Å². The molecule has 0 fully saturated rings. The minimum atomic E-state index is -0.184. The number of nitrogens with one attached hydrogen (secondary N) is 1. The van der Waals surface area contributed by atoms with E-state index in [1.165, 1.54) is 4.52 Å². The lowest BCUT2D eigenvalue weighted by atomic mass is 10.2. The van der Waals surface area contributed by atoms with Crippen LogP contribution in [-0.4, -0.2) is 33.4 Å². The Balaban J connectivity index is 2.65. The Morgan fingerprint density at radius 2 is 2.44 bits per heavy atom. The van der Waals surface area contributed by atoms with Crippen molar-refractivity contribution >= 4 is 5.65 Å². The number of methoxy groups -OCH3 is 1. The first kappa shape index (κ1) is 10.8. The molecule has 0 aliphatic carbocycles. The molecule has 0 unspecified atom stereocenters. The normalized spacial score (nSPS) is 11.1. The van der Waals surface area contributed by atoms with E-state index in [2.05, 4.69) is 10.1 Å². The zero-order valence-corrected chi connectivity index (χ0v) is 8.93. The van der Waals surface area contributed by atoms with Crippen LogP contribution in [-0.2, 0) is 17.8 Å². The quantitative estimate of drug-likeness (QED) is 0.746. The van der Waals surface area contributed by atoms with Crippen LogP contribution in [0.15, 0.2) is 17.1 Å². The van der Waals surface area contributed by atoms with E-state index in [1.54, 1.807) is 19.4 Å². The molecule has 0 amide bonds.